The van der Waals surface area contributed by atoms with Crippen molar-refractivity contribution >= 4 is 16.0 Å². The molecule has 1 aliphatic rings. The van der Waals surface area contributed by atoms with Gasteiger partial charge in [0.1, 0.15) is 10.6 Å². The number of aryl methyl sites for hydroxylation is 1. The van der Waals surface area contributed by atoms with Crippen LogP contribution in [0.3, 0.4) is 0 Å². The van der Waals surface area contributed by atoms with Gasteiger partial charge in [-0.25, -0.2) is 17.9 Å². The van der Waals surface area contributed by atoms with E-state index in [1.54, 1.807) is 0 Å². The number of sulfonamides is 1. The minimum atomic E-state index is -3.70. The molecule has 106 valence electrons. The number of carbonyl (C=O) groups is 1. The highest BCUT2D eigenvalue weighted by molar-refractivity contribution is 7.89. The Balaban J connectivity index is 2.10. The van der Waals surface area contributed by atoms with Gasteiger partial charge >= 0.3 is 5.97 Å². The van der Waals surface area contributed by atoms with Crippen LogP contribution in [-0.4, -0.2) is 43.3 Å². The van der Waals surface area contributed by atoms with E-state index in [9.17, 15) is 13.2 Å². The molecule has 1 aliphatic heterocycles. The summed E-state index contributed by atoms with van der Waals surface area (Å²) in [5.41, 5.74) is -0.0718. The first kappa shape index (κ1) is 14.0. The van der Waals surface area contributed by atoms with Gasteiger partial charge in [0.05, 0.1) is 6.10 Å². The second kappa shape index (κ2) is 5.32. The normalized spacial score (nSPS) is 19.7. The summed E-state index contributed by atoms with van der Waals surface area (Å²) in [5.74, 6) is -1.16. The molecule has 2 N–H and O–H groups in total. The van der Waals surface area contributed by atoms with Crippen LogP contribution in [-0.2, 0) is 21.8 Å². The molecule has 2 rings (SSSR count). The Morgan fingerprint density at radius 2 is 2.37 bits per heavy atom. The van der Waals surface area contributed by atoms with Crippen molar-refractivity contribution in [3.8, 4) is 0 Å². The minimum Gasteiger partial charge on any atom is -0.477 e. The quantitative estimate of drug-likeness (QED) is 0.805. The number of hydrogen-bond donors (Lipinski definition) is 2. The zero-order valence-corrected chi connectivity index (χ0v) is 11.3. The molecule has 1 saturated heterocycles. The molecule has 0 aromatic carbocycles. The maximum absolute atomic E-state index is 12.0. The van der Waals surface area contributed by atoms with Crippen LogP contribution < -0.4 is 4.72 Å². The summed E-state index contributed by atoms with van der Waals surface area (Å²) in [6.45, 7) is 0.862. The van der Waals surface area contributed by atoms with Gasteiger partial charge in [0.2, 0.25) is 10.0 Å². The van der Waals surface area contributed by atoms with Gasteiger partial charge in [-0.15, -0.1) is 0 Å². The van der Waals surface area contributed by atoms with Crippen LogP contribution >= 0.6 is 0 Å². The van der Waals surface area contributed by atoms with Gasteiger partial charge in [-0.3, -0.25) is 0 Å². The average Bonchev–Trinajstić information content (AvgIpc) is 2.95. The lowest BCUT2D eigenvalue weighted by molar-refractivity contribution is 0.0686. The van der Waals surface area contributed by atoms with Gasteiger partial charge in [0.25, 0.3) is 0 Å². The van der Waals surface area contributed by atoms with Crippen molar-refractivity contribution in [2.24, 2.45) is 7.05 Å². The van der Waals surface area contributed by atoms with Crippen molar-refractivity contribution in [1.82, 2.24) is 9.29 Å². The molecule has 0 bridgehead atoms. The summed E-state index contributed by atoms with van der Waals surface area (Å²) in [4.78, 5) is 10.8. The van der Waals surface area contributed by atoms with E-state index >= 15 is 0 Å². The average molecular weight is 288 g/mol. The van der Waals surface area contributed by atoms with E-state index in [0.717, 1.165) is 18.9 Å². The highest BCUT2D eigenvalue weighted by atomic mass is 32.2. The fraction of sp³-hybridized carbons (Fsp3) is 0.545. The van der Waals surface area contributed by atoms with E-state index in [1.807, 2.05) is 0 Å². The van der Waals surface area contributed by atoms with Crippen molar-refractivity contribution in [2.45, 2.75) is 23.8 Å². The molecule has 0 saturated carbocycles. The zero-order chi connectivity index (χ0) is 14.0. The molecule has 1 aromatic heterocycles. The second-order valence-electron chi connectivity index (χ2n) is 4.46. The summed E-state index contributed by atoms with van der Waals surface area (Å²) in [6, 6.07) is 1.14. The summed E-state index contributed by atoms with van der Waals surface area (Å²) in [7, 11) is -2.21. The van der Waals surface area contributed by atoms with Gasteiger partial charge in [0, 0.05) is 26.4 Å². The first-order valence-corrected chi connectivity index (χ1v) is 7.39. The molecule has 0 aliphatic carbocycles. The molecule has 8 heteroatoms. The first-order valence-electron chi connectivity index (χ1n) is 5.91. The van der Waals surface area contributed by atoms with E-state index < -0.39 is 16.0 Å². The van der Waals surface area contributed by atoms with Crippen LogP contribution in [0.2, 0.25) is 0 Å². The highest BCUT2D eigenvalue weighted by Crippen LogP contribution is 2.15. The maximum Gasteiger partial charge on any atom is 0.352 e. The molecule has 2 heterocycles. The second-order valence-corrected chi connectivity index (χ2v) is 6.23. The molecule has 19 heavy (non-hydrogen) atoms. The zero-order valence-electron chi connectivity index (χ0n) is 10.5. The Hall–Kier alpha value is -1.38. The monoisotopic (exact) mass is 288 g/mol. The van der Waals surface area contributed by atoms with E-state index in [4.69, 9.17) is 9.84 Å². The summed E-state index contributed by atoms with van der Waals surface area (Å²) in [6.07, 6.45) is 2.94. The lowest BCUT2D eigenvalue weighted by atomic mass is 10.2. The van der Waals surface area contributed by atoms with Gasteiger partial charge < -0.3 is 14.4 Å². The van der Waals surface area contributed by atoms with Crippen molar-refractivity contribution in [2.75, 3.05) is 13.2 Å². The number of hydrogen-bond acceptors (Lipinski definition) is 4. The number of nitrogens with zero attached hydrogens (tertiary/aromatic N) is 1. The van der Waals surface area contributed by atoms with Gasteiger partial charge in [0.15, 0.2) is 0 Å². The Morgan fingerprint density at radius 3 is 2.89 bits per heavy atom. The van der Waals surface area contributed by atoms with Crippen LogP contribution in [0, 0.1) is 0 Å². The first-order chi connectivity index (χ1) is 8.90. The standard InChI is InChI=1S/C11H16N2O5S/c1-13-7-9(5-10(13)11(14)15)19(16,17)12-6-8-3-2-4-18-8/h5,7-8,12H,2-4,6H2,1H3,(H,14,15). The van der Waals surface area contributed by atoms with E-state index in [-0.39, 0.29) is 23.2 Å². The molecule has 1 atom stereocenters. The maximum atomic E-state index is 12.0. The van der Waals surface area contributed by atoms with Gasteiger partial charge in [-0.2, -0.15) is 0 Å². The molecular formula is C11H16N2O5S. The van der Waals surface area contributed by atoms with E-state index in [1.165, 1.54) is 17.8 Å². The third-order valence-corrected chi connectivity index (χ3v) is 4.42. The molecule has 0 spiro atoms. The largest absolute Gasteiger partial charge is 0.477 e. The molecular weight excluding hydrogens is 272 g/mol. The molecule has 1 aromatic rings. The lowest BCUT2D eigenvalue weighted by Crippen LogP contribution is -2.31. The fourth-order valence-corrected chi connectivity index (χ4v) is 3.12. The topological polar surface area (TPSA) is 97.6 Å². The Kier molecular flexibility index (Phi) is 3.93. The van der Waals surface area contributed by atoms with Crippen molar-refractivity contribution in [1.29, 1.82) is 0 Å². The molecule has 0 amide bonds. The predicted octanol–water partition coefficient (Wildman–Crippen LogP) is 0.181. The van der Waals surface area contributed by atoms with Crippen molar-refractivity contribution < 1.29 is 23.1 Å². The number of carboxylic acids is 1. The lowest BCUT2D eigenvalue weighted by Gasteiger charge is -2.10. The highest BCUT2D eigenvalue weighted by Gasteiger charge is 2.23. The number of aromatic nitrogens is 1. The molecule has 1 fully saturated rings. The van der Waals surface area contributed by atoms with Crippen LogP contribution in [0.1, 0.15) is 23.3 Å². The number of ether oxygens (including phenoxy) is 1. The van der Waals surface area contributed by atoms with Crippen LogP contribution in [0.15, 0.2) is 17.2 Å². The number of rotatable bonds is 5. The number of nitrogens with one attached hydrogen (secondary N) is 1. The SMILES string of the molecule is Cn1cc(S(=O)(=O)NCC2CCCO2)cc1C(=O)O. The Bertz CT molecular complexity index is 572. The third-order valence-electron chi connectivity index (χ3n) is 3.03. The van der Waals surface area contributed by atoms with Crippen LogP contribution in [0.4, 0.5) is 0 Å². The summed E-state index contributed by atoms with van der Waals surface area (Å²) < 4.78 is 33.0. The van der Waals surface area contributed by atoms with Gasteiger partial charge in [-0.1, -0.05) is 0 Å². The van der Waals surface area contributed by atoms with E-state index in [2.05, 4.69) is 4.72 Å². The predicted molar refractivity (Wildman–Crippen MR) is 66.5 cm³/mol. The van der Waals surface area contributed by atoms with Crippen molar-refractivity contribution in [3.63, 3.8) is 0 Å². The van der Waals surface area contributed by atoms with Crippen molar-refractivity contribution in [3.05, 3.63) is 18.0 Å². The molecule has 0 radical (unpaired) electrons. The molecule has 7 nitrogen and oxygen atoms in total. The van der Waals surface area contributed by atoms with Crippen LogP contribution in [0.5, 0.6) is 0 Å². The Labute approximate surface area is 111 Å². The fourth-order valence-electron chi connectivity index (χ4n) is 1.99. The minimum absolute atomic E-state index is 0.0506. The third kappa shape index (κ3) is 3.14. The number of aromatic carboxylic acids is 1. The van der Waals surface area contributed by atoms with Gasteiger partial charge in [-0.05, 0) is 18.9 Å². The smallest absolute Gasteiger partial charge is 0.352 e. The summed E-state index contributed by atoms with van der Waals surface area (Å²) >= 11 is 0. The Morgan fingerprint density at radius 1 is 1.63 bits per heavy atom. The van der Waals surface area contributed by atoms with Crippen LogP contribution in [0.25, 0.3) is 0 Å². The molecule has 1 unspecified atom stereocenters. The summed E-state index contributed by atoms with van der Waals surface area (Å²) in [5, 5.41) is 8.89. The van der Waals surface area contributed by atoms with E-state index in [0.29, 0.717) is 6.61 Å². The number of carboxylic acid groups (broad SMARTS) is 1.